The van der Waals surface area contributed by atoms with Crippen molar-refractivity contribution in [2.24, 2.45) is 0 Å². The molecule has 5 nitrogen and oxygen atoms in total. The third kappa shape index (κ3) is 2.07. The summed E-state index contributed by atoms with van der Waals surface area (Å²) in [5.74, 6) is 0.119. The maximum Gasteiger partial charge on any atom is 0.335 e. The van der Waals surface area contributed by atoms with E-state index in [0.717, 1.165) is 54.8 Å². The van der Waals surface area contributed by atoms with Gasteiger partial charge in [0.05, 0.1) is 11.3 Å². The van der Waals surface area contributed by atoms with Gasteiger partial charge >= 0.3 is 5.97 Å². The van der Waals surface area contributed by atoms with Crippen molar-refractivity contribution >= 4 is 16.9 Å². The molecule has 0 amide bonds. The van der Waals surface area contributed by atoms with Crippen molar-refractivity contribution < 1.29 is 9.90 Å². The van der Waals surface area contributed by atoms with Crippen LogP contribution in [0.2, 0.25) is 0 Å². The van der Waals surface area contributed by atoms with Crippen LogP contribution in [0.4, 0.5) is 0 Å². The number of benzene rings is 1. The SMILES string of the molecule is CCCc1c2n(c3cc(C(=O)O)ccc13)CCCn1ccnc1-2. The lowest BCUT2D eigenvalue weighted by molar-refractivity contribution is 0.0697. The van der Waals surface area contributed by atoms with Gasteiger partial charge in [0.25, 0.3) is 0 Å². The van der Waals surface area contributed by atoms with Gasteiger partial charge in [0, 0.05) is 36.4 Å². The molecule has 5 heteroatoms. The monoisotopic (exact) mass is 309 g/mol. The summed E-state index contributed by atoms with van der Waals surface area (Å²) in [6.07, 6.45) is 6.91. The van der Waals surface area contributed by atoms with E-state index in [9.17, 15) is 9.90 Å². The lowest BCUT2D eigenvalue weighted by Gasteiger charge is -2.07. The lowest BCUT2D eigenvalue weighted by Crippen LogP contribution is -2.01. The van der Waals surface area contributed by atoms with Crippen LogP contribution >= 0.6 is 0 Å². The van der Waals surface area contributed by atoms with Crippen molar-refractivity contribution in [3.8, 4) is 11.5 Å². The Morgan fingerprint density at radius 3 is 3.00 bits per heavy atom. The maximum absolute atomic E-state index is 11.3. The highest BCUT2D eigenvalue weighted by atomic mass is 16.4. The van der Waals surface area contributed by atoms with E-state index in [1.54, 1.807) is 12.1 Å². The highest BCUT2D eigenvalue weighted by molar-refractivity contribution is 5.97. The van der Waals surface area contributed by atoms with E-state index in [4.69, 9.17) is 0 Å². The number of carbonyl (C=O) groups is 1. The molecule has 3 aromatic rings. The van der Waals surface area contributed by atoms with Gasteiger partial charge in [-0.15, -0.1) is 0 Å². The van der Waals surface area contributed by atoms with Gasteiger partial charge < -0.3 is 14.2 Å². The van der Waals surface area contributed by atoms with Crippen LogP contribution in [-0.2, 0) is 19.5 Å². The van der Waals surface area contributed by atoms with Crippen LogP contribution in [0.5, 0.6) is 0 Å². The number of aromatic nitrogens is 3. The van der Waals surface area contributed by atoms with E-state index in [0.29, 0.717) is 5.56 Å². The Morgan fingerprint density at radius 1 is 1.35 bits per heavy atom. The van der Waals surface area contributed by atoms with Gasteiger partial charge in [-0.2, -0.15) is 0 Å². The molecule has 118 valence electrons. The molecule has 2 aromatic heterocycles. The molecule has 0 bridgehead atoms. The third-order valence-electron chi connectivity index (χ3n) is 4.62. The van der Waals surface area contributed by atoms with Crippen LogP contribution in [-0.4, -0.2) is 25.2 Å². The molecule has 0 unspecified atom stereocenters. The van der Waals surface area contributed by atoms with E-state index in [-0.39, 0.29) is 0 Å². The number of rotatable bonds is 3. The average molecular weight is 309 g/mol. The van der Waals surface area contributed by atoms with Crippen molar-refractivity contribution in [3.63, 3.8) is 0 Å². The van der Waals surface area contributed by atoms with E-state index in [1.165, 1.54) is 5.56 Å². The Bertz CT molecular complexity index is 905. The molecule has 0 fully saturated rings. The van der Waals surface area contributed by atoms with Gasteiger partial charge in [-0.1, -0.05) is 19.4 Å². The van der Waals surface area contributed by atoms with Gasteiger partial charge in [-0.25, -0.2) is 9.78 Å². The Kier molecular flexibility index (Phi) is 3.22. The van der Waals surface area contributed by atoms with E-state index in [1.807, 2.05) is 18.5 Å². The summed E-state index contributed by atoms with van der Waals surface area (Å²) in [4.78, 5) is 15.9. The Hall–Kier alpha value is -2.56. The standard InChI is InChI=1S/C18H19N3O2/c1-2-4-14-13-6-5-12(18(22)23)11-15(13)21-9-3-8-20-10-7-19-17(20)16(14)21/h5-7,10-11H,2-4,8-9H2,1H3,(H,22,23). The second-order valence-corrected chi connectivity index (χ2v) is 6.06. The minimum absolute atomic E-state index is 0.341. The Morgan fingerprint density at radius 2 is 2.22 bits per heavy atom. The number of imidazole rings is 1. The lowest BCUT2D eigenvalue weighted by atomic mass is 10.0. The zero-order valence-electron chi connectivity index (χ0n) is 13.1. The molecule has 0 spiro atoms. The van der Waals surface area contributed by atoms with Crippen LogP contribution in [0.1, 0.15) is 35.7 Å². The van der Waals surface area contributed by atoms with Crippen molar-refractivity contribution in [3.05, 3.63) is 41.7 Å². The first-order valence-electron chi connectivity index (χ1n) is 8.10. The molecule has 1 aromatic carbocycles. The summed E-state index contributed by atoms with van der Waals surface area (Å²) in [6.45, 7) is 4.01. The van der Waals surface area contributed by atoms with Gasteiger partial charge in [0.1, 0.15) is 0 Å². The van der Waals surface area contributed by atoms with Crippen LogP contribution in [0.3, 0.4) is 0 Å². The minimum atomic E-state index is -0.880. The van der Waals surface area contributed by atoms with Crippen molar-refractivity contribution in [2.45, 2.75) is 39.3 Å². The molecule has 4 rings (SSSR count). The highest BCUT2D eigenvalue weighted by Gasteiger charge is 2.24. The van der Waals surface area contributed by atoms with Crippen LogP contribution in [0.15, 0.2) is 30.6 Å². The summed E-state index contributed by atoms with van der Waals surface area (Å²) in [7, 11) is 0. The minimum Gasteiger partial charge on any atom is -0.478 e. The van der Waals surface area contributed by atoms with E-state index >= 15 is 0 Å². The molecule has 0 saturated heterocycles. The molecule has 3 heterocycles. The summed E-state index contributed by atoms with van der Waals surface area (Å²) >= 11 is 0. The van der Waals surface area contributed by atoms with Gasteiger partial charge in [0.15, 0.2) is 5.82 Å². The molecule has 1 N–H and O–H groups in total. The first-order valence-corrected chi connectivity index (χ1v) is 8.10. The van der Waals surface area contributed by atoms with Crippen molar-refractivity contribution in [1.29, 1.82) is 0 Å². The first kappa shape index (κ1) is 14.1. The number of carboxylic acids is 1. The fourth-order valence-corrected chi connectivity index (χ4v) is 3.65. The third-order valence-corrected chi connectivity index (χ3v) is 4.62. The topological polar surface area (TPSA) is 60.1 Å². The first-order chi connectivity index (χ1) is 11.2. The molecule has 23 heavy (non-hydrogen) atoms. The quantitative estimate of drug-likeness (QED) is 0.804. The molecule has 0 radical (unpaired) electrons. The van der Waals surface area contributed by atoms with Crippen LogP contribution in [0.25, 0.3) is 22.4 Å². The van der Waals surface area contributed by atoms with Crippen molar-refractivity contribution in [1.82, 2.24) is 14.1 Å². The fourth-order valence-electron chi connectivity index (χ4n) is 3.65. The fraction of sp³-hybridized carbons (Fsp3) is 0.333. The van der Waals surface area contributed by atoms with Crippen molar-refractivity contribution in [2.75, 3.05) is 0 Å². The number of carboxylic acid groups (broad SMARTS) is 1. The zero-order valence-corrected chi connectivity index (χ0v) is 13.1. The maximum atomic E-state index is 11.3. The molecular formula is C18H19N3O2. The molecule has 1 aliphatic heterocycles. The Labute approximate surface area is 134 Å². The van der Waals surface area contributed by atoms with Crippen LogP contribution in [0, 0.1) is 0 Å². The Balaban J connectivity index is 2.08. The molecular weight excluding hydrogens is 290 g/mol. The average Bonchev–Trinajstić information content (AvgIpc) is 3.06. The predicted octanol–water partition coefficient (Wildman–Crippen LogP) is 3.56. The zero-order chi connectivity index (χ0) is 16.0. The molecule has 0 saturated carbocycles. The smallest absolute Gasteiger partial charge is 0.335 e. The number of hydrogen-bond donors (Lipinski definition) is 1. The number of aryl methyl sites for hydroxylation is 3. The second-order valence-electron chi connectivity index (χ2n) is 6.06. The summed E-state index contributed by atoms with van der Waals surface area (Å²) in [5.41, 5.74) is 3.80. The number of fused-ring (bicyclic) bond motifs is 5. The second kappa shape index (κ2) is 5.26. The summed E-state index contributed by atoms with van der Waals surface area (Å²) < 4.78 is 4.47. The van der Waals surface area contributed by atoms with E-state index in [2.05, 4.69) is 21.0 Å². The predicted molar refractivity (Wildman–Crippen MR) is 88.7 cm³/mol. The number of aromatic carboxylic acids is 1. The highest BCUT2D eigenvalue weighted by Crippen LogP contribution is 2.36. The largest absolute Gasteiger partial charge is 0.478 e. The summed E-state index contributed by atoms with van der Waals surface area (Å²) in [6, 6.07) is 5.47. The normalized spacial score (nSPS) is 13.6. The number of hydrogen-bond acceptors (Lipinski definition) is 2. The molecule has 0 atom stereocenters. The van der Waals surface area contributed by atoms with E-state index < -0.39 is 5.97 Å². The molecule has 1 aliphatic rings. The molecule has 0 aliphatic carbocycles. The number of nitrogens with zero attached hydrogens (tertiary/aromatic N) is 3. The van der Waals surface area contributed by atoms with Crippen LogP contribution < -0.4 is 0 Å². The summed E-state index contributed by atoms with van der Waals surface area (Å²) in [5, 5.41) is 10.5. The van der Waals surface area contributed by atoms with Gasteiger partial charge in [-0.05, 0) is 30.5 Å². The van der Waals surface area contributed by atoms with Gasteiger partial charge in [-0.3, -0.25) is 0 Å². The van der Waals surface area contributed by atoms with Gasteiger partial charge in [0.2, 0.25) is 0 Å².